The van der Waals surface area contributed by atoms with Gasteiger partial charge in [-0.1, -0.05) is 41.4 Å². The van der Waals surface area contributed by atoms with E-state index in [2.05, 4.69) is 15.2 Å². The molecule has 1 atom stereocenters. The molecule has 3 aromatic rings. The van der Waals surface area contributed by atoms with Crippen molar-refractivity contribution < 1.29 is 9.21 Å². The van der Waals surface area contributed by atoms with Gasteiger partial charge in [-0.05, 0) is 49.1 Å². The largest absolute Gasteiger partial charge is 0.423 e. The minimum Gasteiger partial charge on any atom is -0.423 e. The quantitative estimate of drug-likeness (QED) is 0.622. The Morgan fingerprint density at radius 1 is 1.25 bits per heavy atom. The molecule has 0 bridgehead atoms. The molecular formula is C21H21Cl2N3O2. The fourth-order valence-corrected chi connectivity index (χ4v) is 4.08. The van der Waals surface area contributed by atoms with Gasteiger partial charge in [0.05, 0.1) is 6.04 Å². The average molecular weight is 418 g/mol. The van der Waals surface area contributed by atoms with Crippen LogP contribution in [0.3, 0.4) is 0 Å². The van der Waals surface area contributed by atoms with Gasteiger partial charge in [-0.25, -0.2) is 0 Å². The number of nitrogens with zero attached hydrogens (tertiary/aromatic N) is 2. The molecule has 5 nitrogen and oxygen atoms in total. The fourth-order valence-electron chi connectivity index (χ4n) is 3.58. The third kappa shape index (κ3) is 4.26. The van der Waals surface area contributed by atoms with E-state index in [1.165, 1.54) is 0 Å². The Morgan fingerprint density at radius 2 is 2.11 bits per heavy atom. The lowest BCUT2D eigenvalue weighted by atomic mass is 10.1. The van der Waals surface area contributed by atoms with E-state index in [1.807, 2.05) is 30.3 Å². The molecule has 0 spiro atoms. The second-order valence-corrected chi connectivity index (χ2v) is 7.84. The predicted octanol–water partition coefficient (Wildman–Crippen LogP) is 4.85. The first-order valence-electron chi connectivity index (χ1n) is 9.43. The molecule has 146 valence electrons. The molecule has 1 saturated heterocycles. The minimum atomic E-state index is 0.00966. The molecule has 7 heteroatoms. The number of nitrogens with one attached hydrogen (secondary N) is 1. The number of carbonyl (C=O) groups is 1. The number of benzene rings is 2. The van der Waals surface area contributed by atoms with Gasteiger partial charge in [-0.15, -0.1) is 0 Å². The van der Waals surface area contributed by atoms with Crippen LogP contribution in [0.25, 0.3) is 11.1 Å². The monoisotopic (exact) mass is 417 g/mol. The van der Waals surface area contributed by atoms with Crippen molar-refractivity contribution in [2.75, 3.05) is 18.0 Å². The van der Waals surface area contributed by atoms with E-state index in [9.17, 15) is 4.79 Å². The molecule has 1 aromatic heterocycles. The molecule has 2 aromatic carbocycles. The van der Waals surface area contributed by atoms with Crippen molar-refractivity contribution in [3.63, 3.8) is 0 Å². The predicted molar refractivity (Wildman–Crippen MR) is 112 cm³/mol. The Kier molecular flexibility index (Phi) is 5.74. The summed E-state index contributed by atoms with van der Waals surface area (Å²) in [6.45, 7) is 1.46. The van der Waals surface area contributed by atoms with Crippen LogP contribution in [0.1, 0.15) is 24.8 Å². The number of halogens is 2. The van der Waals surface area contributed by atoms with Crippen LogP contribution in [0.2, 0.25) is 10.0 Å². The minimum absolute atomic E-state index is 0.00966. The lowest BCUT2D eigenvalue weighted by Gasteiger charge is -2.23. The number of hydrogen-bond donors (Lipinski definition) is 1. The number of anilines is 1. The molecule has 0 aliphatic carbocycles. The number of aromatic nitrogens is 1. The van der Waals surface area contributed by atoms with Gasteiger partial charge in [0.1, 0.15) is 5.52 Å². The summed E-state index contributed by atoms with van der Waals surface area (Å²) in [5, 5.41) is 4.23. The van der Waals surface area contributed by atoms with Crippen molar-refractivity contribution in [1.29, 1.82) is 0 Å². The standard InChI is InChI=1S/C21H21Cl2N3O2/c22-15-9-7-14(17(23)12-15)8-10-20(27)24-13-16-4-3-11-26(16)21-25-18-5-1-2-6-19(18)28-21/h1-2,5-7,9,12,16H,3-4,8,10-11,13H2,(H,24,27). The molecule has 1 unspecified atom stereocenters. The van der Waals surface area contributed by atoms with Crippen molar-refractivity contribution in [2.45, 2.75) is 31.7 Å². The van der Waals surface area contributed by atoms with E-state index in [0.717, 1.165) is 36.0 Å². The van der Waals surface area contributed by atoms with Crippen molar-refractivity contribution >= 4 is 46.2 Å². The first kappa shape index (κ1) is 19.1. The first-order valence-corrected chi connectivity index (χ1v) is 10.2. The molecule has 28 heavy (non-hydrogen) atoms. The summed E-state index contributed by atoms with van der Waals surface area (Å²) in [4.78, 5) is 19.0. The summed E-state index contributed by atoms with van der Waals surface area (Å²) in [5.74, 6) is 0.00966. The summed E-state index contributed by atoms with van der Waals surface area (Å²) in [6, 6.07) is 13.9. The number of para-hydroxylation sites is 2. The van der Waals surface area contributed by atoms with Crippen LogP contribution in [0.15, 0.2) is 46.9 Å². The smallest absolute Gasteiger partial charge is 0.298 e. The first-order chi connectivity index (χ1) is 13.6. The van der Waals surface area contributed by atoms with E-state index in [0.29, 0.717) is 35.4 Å². The molecule has 0 saturated carbocycles. The van der Waals surface area contributed by atoms with Crippen LogP contribution in [-0.4, -0.2) is 30.0 Å². The normalized spacial score (nSPS) is 16.6. The van der Waals surface area contributed by atoms with Gasteiger partial charge < -0.3 is 14.6 Å². The van der Waals surface area contributed by atoms with Gasteiger partial charge in [-0.3, -0.25) is 4.79 Å². The van der Waals surface area contributed by atoms with Gasteiger partial charge in [0.25, 0.3) is 6.01 Å². The van der Waals surface area contributed by atoms with Crippen LogP contribution in [0.5, 0.6) is 0 Å². The number of fused-ring (bicyclic) bond motifs is 1. The van der Waals surface area contributed by atoms with Gasteiger partial charge in [0.15, 0.2) is 5.58 Å². The maximum atomic E-state index is 12.3. The number of hydrogen-bond acceptors (Lipinski definition) is 4. The zero-order valence-corrected chi connectivity index (χ0v) is 16.8. The van der Waals surface area contributed by atoms with Crippen LogP contribution < -0.4 is 10.2 Å². The van der Waals surface area contributed by atoms with E-state index < -0.39 is 0 Å². The van der Waals surface area contributed by atoms with Gasteiger partial charge in [0, 0.05) is 29.6 Å². The number of aryl methyl sites for hydroxylation is 1. The molecule has 1 N–H and O–H groups in total. The number of oxazole rings is 1. The van der Waals surface area contributed by atoms with Crippen molar-refractivity contribution in [3.8, 4) is 0 Å². The Balaban J connectivity index is 1.32. The Hall–Kier alpha value is -2.24. The molecule has 4 rings (SSSR count). The second-order valence-electron chi connectivity index (χ2n) is 6.99. The molecule has 1 aliphatic rings. The van der Waals surface area contributed by atoms with Gasteiger partial charge in [-0.2, -0.15) is 4.98 Å². The van der Waals surface area contributed by atoms with E-state index >= 15 is 0 Å². The topological polar surface area (TPSA) is 58.4 Å². The zero-order chi connectivity index (χ0) is 19.5. The van der Waals surface area contributed by atoms with Gasteiger partial charge >= 0.3 is 0 Å². The molecule has 0 radical (unpaired) electrons. The second kappa shape index (κ2) is 8.41. The zero-order valence-electron chi connectivity index (χ0n) is 15.3. The van der Waals surface area contributed by atoms with Crippen molar-refractivity contribution in [1.82, 2.24) is 10.3 Å². The average Bonchev–Trinajstić information content (AvgIpc) is 3.31. The third-order valence-electron chi connectivity index (χ3n) is 5.08. The Labute approximate surface area is 173 Å². The molecular weight excluding hydrogens is 397 g/mol. The number of amides is 1. The maximum absolute atomic E-state index is 12.3. The molecule has 1 amide bonds. The Morgan fingerprint density at radius 3 is 2.93 bits per heavy atom. The summed E-state index contributed by atoms with van der Waals surface area (Å²) in [6.07, 6.45) is 3.03. The SMILES string of the molecule is O=C(CCc1ccc(Cl)cc1Cl)NCC1CCCN1c1nc2ccccc2o1. The van der Waals surface area contributed by atoms with E-state index in [1.54, 1.807) is 12.1 Å². The summed E-state index contributed by atoms with van der Waals surface area (Å²) in [7, 11) is 0. The highest BCUT2D eigenvalue weighted by molar-refractivity contribution is 6.35. The van der Waals surface area contributed by atoms with Crippen LogP contribution in [0, 0.1) is 0 Å². The van der Waals surface area contributed by atoms with Crippen LogP contribution in [0.4, 0.5) is 6.01 Å². The van der Waals surface area contributed by atoms with Crippen molar-refractivity contribution in [2.24, 2.45) is 0 Å². The maximum Gasteiger partial charge on any atom is 0.298 e. The molecule has 2 heterocycles. The number of carbonyl (C=O) groups excluding carboxylic acids is 1. The van der Waals surface area contributed by atoms with Crippen LogP contribution >= 0.6 is 23.2 Å². The highest BCUT2D eigenvalue weighted by Gasteiger charge is 2.28. The fraction of sp³-hybridized carbons (Fsp3) is 0.333. The highest BCUT2D eigenvalue weighted by Crippen LogP contribution is 2.28. The summed E-state index contributed by atoms with van der Waals surface area (Å²) in [5.41, 5.74) is 2.56. The molecule has 1 aliphatic heterocycles. The lowest BCUT2D eigenvalue weighted by Crippen LogP contribution is -2.40. The molecule has 1 fully saturated rings. The van der Waals surface area contributed by atoms with Crippen LogP contribution in [-0.2, 0) is 11.2 Å². The lowest BCUT2D eigenvalue weighted by molar-refractivity contribution is -0.121. The van der Waals surface area contributed by atoms with E-state index in [4.69, 9.17) is 27.6 Å². The van der Waals surface area contributed by atoms with Crippen molar-refractivity contribution in [3.05, 3.63) is 58.1 Å². The highest BCUT2D eigenvalue weighted by atomic mass is 35.5. The number of rotatable bonds is 6. The van der Waals surface area contributed by atoms with E-state index in [-0.39, 0.29) is 11.9 Å². The van der Waals surface area contributed by atoms with Gasteiger partial charge in [0.2, 0.25) is 5.91 Å². The third-order valence-corrected chi connectivity index (χ3v) is 5.66. The summed E-state index contributed by atoms with van der Waals surface area (Å²) >= 11 is 12.1. The Bertz CT molecular complexity index is 956. The summed E-state index contributed by atoms with van der Waals surface area (Å²) < 4.78 is 5.89.